The quantitative estimate of drug-likeness (QED) is 0.523. The summed E-state index contributed by atoms with van der Waals surface area (Å²) in [5.74, 6) is 0. The van der Waals surface area contributed by atoms with Crippen molar-refractivity contribution in [3.05, 3.63) is 0 Å². The number of nitrogens with two attached hydrogens (primary N) is 1. The smallest absolute Gasteiger partial charge is 0.303 e. The van der Waals surface area contributed by atoms with Crippen molar-refractivity contribution in [2.24, 2.45) is 5.73 Å². The molecule has 0 saturated carbocycles. The van der Waals surface area contributed by atoms with Crippen LogP contribution in [0.5, 0.6) is 0 Å². The van der Waals surface area contributed by atoms with Crippen molar-refractivity contribution in [2.45, 2.75) is 12.5 Å². The van der Waals surface area contributed by atoms with E-state index in [1.807, 2.05) is 0 Å². The Morgan fingerprint density at radius 3 is 2.33 bits per heavy atom. The van der Waals surface area contributed by atoms with Gasteiger partial charge in [-0.3, -0.25) is 0 Å². The summed E-state index contributed by atoms with van der Waals surface area (Å²) in [4.78, 5) is 0. The lowest BCUT2D eigenvalue weighted by Crippen LogP contribution is -2.33. The first kappa shape index (κ1) is 10.7. The summed E-state index contributed by atoms with van der Waals surface area (Å²) in [6.45, 7) is 0.718. The summed E-state index contributed by atoms with van der Waals surface area (Å²) in [6, 6.07) is 1.00. The predicted molar refractivity (Wildman–Crippen MR) is 55.6 cm³/mol. The molecule has 2 N–H and O–H groups in total. The first-order chi connectivity index (χ1) is 5.93. The highest BCUT2D eigenvalue weighted by Gasteiger charge is 2.14. The molecule has 0 radical (unpaired) electrons. The Balaban J connectivity index is 2.11. The maximum Gasteiger partial charge on any atom is 0.303 e. The zero-order valence-electron chi connectivity index (χ0n) is 7.03. The zero-order valence-corrected chi connectivity index (χ0v) is 12.4. The van der Waals surface area contributed by atoms with Crippen molar-refractivity contribution in [1.82, 2.24) is 0 Å². The molecule has 72 valence electrons. The molecule has 1 rings (SSSR count). The predicted octanol–water partition coefficient (Wildman–Crippen LogP) is -3.37. The molecule has 0 aromatic carbocycles. The SMILES string of the molecule is NCCC[SiH]1O[SiH2]O[SiH2]O[SiH2]O1. The van der Waals surface area contributed by atoms with Crippen molar-refractivity contribution in [3.8, 4) is 0 Å². The van der Waals surface area contributed by atoms with Crippen LogP contribution in [0.3, 0.4) is 0 Å². The minimum absolute atomic E-state index is 0.718. The van der Waals surface area contributed by atoms with Crippen molar-refractivity contribution in [1.29, 1.82) is 0 Å². The molecule has 1 fully saturated rings. The fraction of sp³-hybridized carbons (Fsp3) is 1.00. The molecule has 1 saturated heterocycles. The Morgan fingerprint density at radius 2 is 1.75 bits per heavy atom. The second kappa shape index (κ2) is 7.11. The molecule has 0 spiro atoms. The fourth-order valence-corrected chi connectivity index (χ4v) is 9.82. The Morgan fingerprint density at radius 1 is 1.08 bits per heavy atom. The molecule has 1 heterocycles. The van der Waals surface area contributed by atoms with Gasteiger partial charge in [0, 0.05) is 0 Å². The molecule has 0 aromatic rings. The molecule has 0 bridgehead atoms. The van der Waals surface area contributed by atoms with E-state index in [9.17, 15) is 0 Å². The van der Waals surface area contributed by atoms with Crippen molar-refractivity contribution < 1.29 is 16.5 Å². The van der Waals surface area contributed by atoms with E-state index in [0.717, 1.165) is 19.0 Å². The van der Waals surface area contributed by atoms with Crippen LogP contribution in [0.4, 0.5) is 0 Å². The lowest BCUT2D eigenvalue weighted by atomic mass is 10.5. The molecule has 0 unspecified atom stereocenters. The third kappa shape index (κ3) is 4.63. The third-order valence-electron chi connectivity index (χ3n) is 1.49. The molecular weight excluding hydrogens is 226 g/mol. The van der Waals surface area contributed by atoms with Crippen LogP contribution in [0.1, 0.15) is 6.42 Å². The topological polar surface area (TPSA) is 62.9 Å². The van der Waals surface area contributed by atoms with Crippen LogP contribution in [0.2, 0.25) is 6.04 Å². The lowest BCUT2D eigenvalue weighted by molar-refractivity contribution is 0.327. The van der Waals surface area contributed by atoms with E-state index < -0.39 is 39.3 Å². The van der Waals surface area contributed by atoms with Gasteiger partial charge >= 0.3 is 9.28 Å². The summed E-state index contributed by atoms with van der Waals surface area (Å²) in [5, 5.41) is 0. The van der Waals surface area contributed by atoms with E-state index in [4.69, 9.17) is 22.2 Å². The van der Waals surface area contributed by atoms with Gasteiger partial charge in [-0.1, -0.05) is 0 Å². The zero-order chi connectivity index (χ0) is 8.65. The van der Waals surface area contributed by atoms with E-state index in [0.29, 0.717) is 0 Å². The maximum absolute atomic E-state index is 5.55. The fourth-order valence-electron chi connectivity index (χ4n) is 0.874. The average molecular weight is 241 g/mol. The Hall–Kier alpha value is 0.668. The molecule has 5 nitrogen and oxygen atoms in total. The molecule has 1 aliphatic heterocycles. The number of rotatable bonds is 3. The first-order valence-electron chi connectivity index (χ1n) is 4.02. The Labute approximate surface area is 80.9 Å². The van der Waals surface area contributed by atoms with Gasteiger partial charge in [-0.15, -0.1) is 0 Å². The number of hydrogen-bond acceptors (Lipinski definition) is 5. The average Bonchev–Trinajstić information content (AvgIpc) is 2.02. The van der Waals surface area contributed by atoms with Crippen LogP contribution < -0.4 is 5.73 Å². The van der Waals surface area contributed by atoms with Gasteiger partial charge in [-0.25, -0.2) is 0 Å². The van der Waals surface area contributed by atoms with Gasteiger partial charge in [0.1, 0.15) is 0 Å². The lowest BCUT2D eigenvalue weighted by Gasteiger charge is -2.19. The van der Waals surface area contributed by atoms with Crippen LogP contribution in [-0.2, 0) is 16.5 Å². The molecule has 0 amide bonds. The van der Waals surface area contributed by atoms with Crippen molar-refractivity contribution in [3.63, 3.8) is 0 Å². The van der Waals surface area contributed by atoms with Crippen LogP contribution in [0.15, 0.2) is 0 Å². The third-order valence-corrected chi connectivity index (χ3v) is 9.09. The van der Waals surface area contributed by atoms with Crippen LogP contribution >= 0.6 is 0 Å². The molecule has 9 heteroatoms. The Kier molecular flexibility index (Phi) is 6.37. The molecule has 0 atom stereocenters. The summed E-state index contributed by atoms with van der Waals surface area (Å²) >= 11 is 0. The van der Waals surface area contributed by atoms with Crippen LogP contribution in [0, 0.1) is 0 Å². The summed E-state index contributed by atoms with van der Waals surface area (Å²) in [7, 11) is -3.66. The number of hydrogen-bond donors (Lipinski definition) is 1. The van der Waals surface area contributed by atoms with Gasteiger partial charge in [-0.05, 0) is 19.0 Å². The van der Waals surface area contributed by atoms with Gasteiger partial charge in [0.2, 0.25) is 0 Å². The second-order valence-corrected chi connectivity index (χ2v) is 10.5. The summed E-state index contributed by atoms with van der Waals surface area (Å²) < 4.78 is 21.7. The van der Waals surface area contributed by atoms with Crippen molar-refractivity contribution >= 4 is 39.3 Å². The van der Waals surface area contributed by atoms with Crippen LogP contribution in [-0.4, -0.2) is 45.8 Å². The Bertz CT molecular complexity index is 108. The van der Waals surface area contributed by atoms with Gasteiger partial charge in [-0.2, -0.15) is 0 Å². The van der Waals surface area contributed by atoms with E-state index >= 15 is 0 Å². The molecule has 1 aliphatic rings. The maximum atomic E-state index is 5.55. The minimum atomic E-state index is -1.40. The minimum Gasteiger partial charge on any atom is -0.425 e. The summed E-state index contributed by atoms with van der Waals surface area (Å²) in [5.41, 5.74) is 5.39. The molecule has 0 aliphatic carbocycles. The monoisotopic (exact) mass is 241 g/mol. The largest absolute Gasteiger partial charge is 0.425 e. The molecule has 12 heavy (non-hydrogen) atoms. The van der Waals surface area contributed by atoms with E-state index in [-0.39, 0.29) is 0 Å². The normalized spacial score (nSPS) is 32.2. The first-order valence-corrected chi connectivity index (χ1v) is 9.24. The van der Waals surface area contributed by atoms with Crippen LogP contribution in [0.25, 0.3) is 0 Å². The summed E-state index contributed by atoms with van der Waals surface area (Å²) in [6.07, 6.45) is 0.997. The highest BCUT2D eigenvalue weighted by molar-refractivity contribution is 6.59. The second-order valence-electron chi connectivity index (χ2n) is 2.46. The highest BCUT2D eigenvalue weighted by Crippen LogP contribution is 2.00. The molecular formula is C3H15NO4Si4. The molecule has 0 aromatic heterocycles. The van der Waals surface area contributed by atoms with E-state index in [1.165, 1.54) is 0 Å². The van der Waals surface area contributed by atoms with Gasteiger partial charge < -0.3 is 22.2 Å². The van der Waals surface area contributed by atoms with Gasteiger partial charge in [0.15, 0.2) is 0 Å². The van der Waals surface area contributed by atoms with Gasteiger partial charge in [0.05, 0.1) is 0 Å². The van der Waals surface area contributed by atoms with E-state index in [2.05, 4.69) is 0 Å². The standard InChI is InChI=1S/C3H15NO4Si4/c4-2-1-3-12-7-10-5-9-6-11-8-12/h12H,1-4,9-11H2. The van der Waals surface area contributed by atoms with Crippen molar-refractivity contribution in [2.75, 3.05) is 6.54 Å². The van der Waals surface area contributed by atoms with Gasteiger partial charge in [0.25, 0.3) is 30.0 Å². The highest BCUT2D eigenvalue weighted by atomic mass is 28.4. The van der Waals surface area contributed by atoms with E-state index in [1.54, 1.807) is 0 Å².